The van der Waals surface area contributed by atoms with Crippen molar-refractivity contribution in [1.82, 2.24) is 0 Å². The Balaban J connectivity index is 2.71. The molecule has 0 heterocycles. The minimum Gasteiger partial charge on any atom is -0.383 e. The van der Waals surface area contributed by atoms with Crippen LogP contribution in [0.5, 0.6) is 0 Å². The number of rotatable bonds is 4. The Labute approximate surface area is 97.5 Å². The van der Waals surface area contributed by atoms with Crippen molar-refractivity contribution in [3.05, 3.63) is 24.3 Å². The molecule has 0 radical (unpaired) electrons. The molecule has 1 rings (SSSR count). The molecule has 0 bridgehead atoms. The van der Waals surface area contributed by atoms with Gasteiger partial charge in [-0.05, 0) is 37.6 Å². The maximum atomic E-state index is 11.2. The summed E-state index contributed by atoms with van der Waals surface area (Å²) < 4.78 is 0. The van der Waals surface area contributed by atoms with Gasteiger partial charge in [0.05, 0.1) is 0 Å². The van der Waals surface area contributed by atoms with Crippen molar-refractivity contribution in [3.8, 4) is 0 Å². The molecule has 1 atom stereocenters. The fourth-order valence-corrected chi connectivity index (χ4v) is 1.35. The van der Waals surface area contributed by atoms with E-state index >= 15 is 0 Å². The zero-order valence-corrected chi connectivity index (χ0v) is 10.4. The van der Waals surface area contributed by atoms with Gasteiger partial charge in [0.25, 0.3) is 0 Å². The second kappa shape index (κ2) is 5.54. The summed E-state index contributed by atoms with van der Waals surface area (Å²) in [4.78, 5) is 12.8. The summed E-state index contributed by atoms with van der Waals surface area (Å²) in [6.45, 7) is 5.86. The number of hydrogen-bond acceptors (Lipinski definition) is 2. The molecular weight excluding hydrogens is 200 g/mol. The van der Waals surface area contributed by atoms with Gasteiger partial charge in [-0.1, -0.05) is 6.92 Å². The lowest BCUT2D eigenvalue weighted by Crippen LogP contribution is -2.22. The van der Waals surface area contributed by atoms with E-state index in [1.54, 1.807) is 18.9 Å². The van der Waals surface area contributed by atoms with Gasteiger partial charge >= 0.3 is 0 Å². The molecule has 88 valence electrons. The van der Waals surface area contributed by atoms with Crippen LogP contribution in [0.2, 0.25) is 0 Å². The number of anilines is 2. The molecule has 1 unspecified atom stereocenters. The van der Waals surface area contributed by atoms with E-state index in [1.165, 1.54) is 0 Å². The third-order valence-electron chi connectivity index (χ3n) is 2.75. The topological polar surface area (TPSA) is 32.3 Å². The van der Waals surface area contributed by atoms with Crippen LogP contribution in [0.15, 0.2) is 24.3 Å². The van der Waals surface area contributed by atoms with Gasteiger partial charge < -0.3 is 10.2 Å². The van der Waals surface area contributed by atoms with Crippen LogP contribution in [0.1, 0.15) is 27.2 Å². The molecule has 1 aromatic carbocycles. The molecular formula is C13H20N2O. The van der Waals surface area contributed by atoms with E-state index in [-0.39, 0.29) is 5.91 Å². The zero-order valence-electron chi connectivity index (χ0n) is 10.4. The summed E-state index contributed by atoms with van der Waals surface area (Å²) in [7, 11) is 1.78. The summed E-state index contributed by atoms with van der Waals surface area (Å²) in [5.41, 5.74) is 2.01. The lowest BCUT2D eigenvalue weighted by atomic mass is 10.2. The van der Waals surface area contributed by atoms with Gasteiger partial charge in [-0.15, -0.1) is 0 Å². The molecule has 0 aliphatic heterocycles. The van der Waals surface area contributed by atoms with Crippen molar-refractivity contribution in [1.29, 1.82) is 0 Å². The highest BCUT2D eigenvalue weighted by atomic mass is 16.2. The molecule has 1 amide bonds. The van der Waals surface area contributed by atoms with Crippen molar-refractivity contribution in [2.75, 3.05) is 17.3 Å². The van der Waals surface area contributed by atoms with Gasteiger partial charge in [0.1, 0.15) is 0 Å². The van der Waals surface area contributed by atoms with Crippen molar-refractivity contribution in [2.24, 2.45) is 0 Å². The molecule has 0 aliphatic rings. The largest absolute Gasteiger partial charge is 0.383 e. The molecule has 1 N–H and O–H groups in total. The second-order valence-electron chi connectivity index (χ2n) is 4.08. The fourth-order valence-electron chi connectivity index (χ4n) is 1.35. The lowest BCUT2D eigenvalue weighted by Gasteiger charge is -2.17. The van der Waals surface area contributed by atoms with E-state index in [4.69, 9.17) is 0 Å². The first kappa shape index (κ1) is 12.6. The van der Waals surface area contributed by atoms with E-state index in [0.29, 0.717) is 6.04 Å². The Kier molecular flexibility index (Phi) is 4.35. The molecule has 0 aromatic heterocycles. The van der Waals surface area contributed by atoms with Crippen LogP contribution in [0.4, 0.5) is 11.4 Å². The first-order chi connectivity index (χ1) is 7.54. The maximum Gasteiger partial charge on any atom is 0.223 e. The van der Waals surface area contributed by atoms with Gasteiger partial charge in [-0.2, -0.15) is 0 Å². The molecule has 0 fully saturated rings. The smallest absolute Gasteiger partial charge is 0.223 e. The van der Waals surface area contributed by atoms with Gasteiger partial charge in [0.2, 0.25) is 5.91 Å². The third kappa shape index (κ3) is 3.26. The fraction of sp³-hybridized carbons (Fsp3) is 0.462. The zero-order chi connectivity index (χ0) is 12.1. The number of nitrogens with one attached hydrogen (secondary N) is 1. The van der Waals surface area contributed by atoms with Crippen LogP contribution < -0.4 is 10.2 Å². The Bertz CT molecular complexity index is 345. The number of amides is 1. The standard InChI is InChI=1S/C13H20N2O/c1-5-10(2)14-12-6-8-13(9-7-12)15(4)11(3)16/h6-10,14H,5H2,1-4H3. The molecule has 0 saturated carbocycles. The molecule has 0 spiro atoms. The monoisotopic (exact) mass is 220 g/mol. The van der Waals surface area contributed by atoms with E-state index in [1.807, 2.05) is 24.3 Å². The molecule has 0 saturated heterocycles. The van der Waals surface area contributed by atoms with E-state index < -0.39 is 0 Å². The van der Waals surface area contributed by atoms with Crippen LogP contribution >= 0.6 is 0 Å². The number of carbonyl (C=O) groups is 1. The Morgan fingerprint density at radius 2 is 1.94 bits per heavy atom. The van der Waals surface area contributed by atoms with Gasteiger partial charge in [0.15, 0.2) is 0 Å². The number of carbonyl (C=O) groups excluding carboxylic acids is 1. The molecule has 1 aromatic rings. The number of hydrogen-bond donors (Lipinski definition) is 1. The summed E-state index contributed by atoms with van der Waals surface area (Å²) in [5, 5.41) is 3.38. The van der Waals surface area contributed by atoms with Crippen LogP contribution in [0.25, 0.3) is 0 Å². The van der Waals surface area contributed by atoms with Crippen molar-refractivity contribution < 1.29 is 4.79 Å². The quantitative estimate of drug-likeness (QED) is 0.846. The highest BCUT2D eigenvalue weighted by Gasteiger charge is 2.05. The van der Waals surface area contributed by atoms with Crippen LogP contribution in [0.3, 0.4) is 0 Å². The summed E-state index contributed by atoms with van der Waals surface area (Å²) in [6, 6.07) is 8.37. The average Bonchev–Trinajstić information content (AvgIpc) is 2.28. The Hall–Kier alpha value is -1.51. The first-order valence-electron chi connectivity index (χ1n) is 5.65. The van der Waals surface area contributed by atoms with E-state index in [2.05, 4.69) is 19.2 Å². The van der Waals surface area contributed by atoms with Crippen molar-refractivity contribution in [2.45, 2.75) is 33.2 Å². The van der Waals surface area contributed by atoms with Crippen molar-refractivity contribution >= 4 is 17.3 Å². The Morgan fingerprint density at radius 1 is 1.38 bits per heavy atom. The number of benzene rings is 1. The summed E-state index contributed by atoms with van der Waals surface area (Å²) in [6.07, 6.45) is 1.09. The minimum atomic E-state index is 0.0441. The Morgan fingerprint density at radius 3 is 2.38 bits per heavy atom. The highest BCUT2D eigenvalue weighted by molar-refractivity contribution is 5.90. The van der Waals surface area contributed by atoms with E-state index in [0.717, 1.165) is 17.8 Å². The second-order valence-corrected chi connectivity index (χ2v) is 4.08. The van der Waals surface area contributed by atoms with Crippen LogP contribution in [-0.4, -0.2) is 19.0 Å². The van der Waals surface area contributed by atoms with Crippen LogP contribution in [-0.2, 0) is 4.79 Å². The van der Waals surface area contributed by atoms with Crippen molar-refractivity contribution in [3.63, 3.8) is 0 Å². The SMILES string of the molecule is CCC(C)Nc1ccc(N(C)C(C)=O)cc1. The first-order valence-corrected chi connectivity index (χ1v) is 5.65. The lowest BCUT2D eigenvalue weighted by molar-refractivity contribution is -0.116. The summed E-state index contributed by atoms with van der Waals surface area (Å²) >= 11 is 0. The maximum absolute atomic E-state index is 11.2. The number of nitrogens with zero attached hydrogens (tertiary/aromatic N) is 1. The predicted octanol–water partition coefficient (Wildman–Crippen LogP) is 2.88. The predicted molar refractivity (Wildman–Crippen MR) is 68.9 cm³/mol. The summed E-state index contributed by atoms with van der Waals surface area (Å²) in [5.74, 6) is 0.0441. The van der Waals surface area contributed by atoms with E-state index in [9.17, 15) is 4.79 Å². The molecule has 16 heavy (non-hydrogen) atoms. The normalized spacial score (nSPS) is 12.0. The third-order valence-corrected chi connectivity index (χ3v) is 2.75. The van der Waals surface area contributed by atoms with Gasteiger partial charge in [-0.3, -0.25) is 4.79 Å². The molecule has 0 aliphatic carbocycles. The molecule has 3 heteroatoms. The van der Waals surface area contributed by atoms with Gasteiger partial charge in [-0.25, -0.2) is 0 Å². The van der Waals surface area contributed by atoms with Gasteiger partial charge in [0, 0.05) is 31.4 Å². The minimum absolute atomic E-state index is 0.0441. The molecule has 3 nitrogen and oxygen atoms in total. The van der Waals surface area contributed by atoms with Crippen LogP contribution in [0, 0.1) is 0 Å². The average molecular weight is 220 g/mol. The highest BCUT2D eigenvalue weighted by Crippen LogP contribution is 2.17.